The van der Waals surface area contributed by atoms with Crippen LogP contribution in [0, 0.1) is 0 Å². The van der Waals surface area contributed by atoms with Crippen LogP contribution in [0.3, 0.4) is 0 Å². The molecule has 0 aliphatic heterocycles. The van der Waals surface area contributed by atoms with Crippen molar-refractivity contribution in [3.63, 3.8) is 0 Å². The van der Waals surface area contributed by atoms with Gasteiger partial charge < -0.3 is 10.1 Å². The van der Waals surface area contributed by atoms with Gasteiger partial charge in [-0.1, -0.05) is 0 Å². The lowest BCUT2D eigenvalue weighted by molar-refractivity contribution is 0.305. The highest BCUT2D eigenvalue weighted by Gasteiger charge is 1.98. The van der Waals surface area contributed by atoms with Crippen molar-refractivity contribution in [3.05, 3.63) is 36.3 Å². The number of hydrogen-bond acceptors (Lipinski definition) is 4. The fourth-order valence-electron chi connectivity index (χ4n) is 1.33. The summed E-state index contributed by atoms with van der Waals surface area (Å²) in [5.74, 6) is 1.58. The lowest BCUT2D eigenvalue weighted by Crippen LogP contribution is -1.96. The van der Waals surface area contributed by atoms with Crippen LogP contribution in [0.4, 0.5) is 5.82 Å². The summed E-state index contributed by atoms with van der Waals surface area (Å²) in [5.41, 5.74) is 1.04. The predicted molar refractivity (Wildman–Crippen MR) is 61.3 cm³/mol. The molecule has 0 spiro atoms. The number of pyridine rings is 1. The van der Waals surface area contributed by atoms with Gasteiger partial charge in [0.2, 0.25) is 0 Å². The SMILES string of the molecule is CNc1ccc(OCc2cnn(C)c2)cn1. The molecule has 1 N–H and O–H groups in total. The number of rotatable bonds is 4. The molecule has 2 aromatic heterocycles. The highest BCUT2D eigenvalue weighted by atomic mass is 16.5. The number of ether oxygens (including phenoxy) is 1. The maximum atomic E-state index is 5.56. The Balaban J connectivity index is 1.94. The molecule has 0 bridgehead atoms. The Labute approximate surface area is 94.1 Å². The molecule has 0 aliphatic rings. The Morgan fingerprint density at radius 1 is 1.38 bits per heavy atom. The van der Waals surface area contributed by atoms with Gasteiger partial charge in [0, 0.05) is 25.9 Å². The van der Waals surface area contributed by atoms with Gasteiger partial charge in [-0.25, -0.2) is 4.98 Å². The molecule has 2 heterocycles. The van der Waals surface area contributed by atoms with E-state index in [0.29, 0.717) is 6.61 Å². The summed E-state index contributed by atoms with van der Waals surface area (Å²) in [6.07, 6.45) is 5.41. The van der Waals surface area contributed by atoms with E-state index in [1.165, 1.54) is 0 Å². The molecule has 0 aromatic carbocycles. The van der Waals surface area contributed by atoms with Crippen LogP contribution in [-0.2, 0) is 13.7 Å². The molecule has 2 aromatic rings. The van der Waals surface area contributed by atoms with Gasteiger partial charge in [0.05, 0.1) is 12.4 Å². The second kappa shape index (κ2) is 4.65. The molecule has 0 atom stereocenters. The van der Waals surface area contributed by atoms with Crippen molar-refractivity contribution in [2.24, 2.45) is 7.05 Å². The van der Waals surface area contributed by atoms with E-state index in [9.17, 15) is 0 Å². The molecule has 2 rings (SSSR count). The van der Waals surface area contributed by atoms with Crippen molar-refractivity contribution in [2.75, 3.05) is 12.4 Å². The van der Waals surface area contributed by atoms with Crippen LogP contribution in [0.25, 0.3) is 0 Å². The van der Waals surface area contributed by atoms with Crippen LogP contribution >= 0.6 is 0 Å². The summed E-state index contributed by atoms with van der Waals surface area (Å²) in [4.78, 5) is 4.16. The van der Waals surface area contributed by atoms with Gasteiger partial charge in [-0.3, -0.25) is 4.68 Å². The molecule has 0 fully saturated rings. The van der Waals surface area contributed by atoms with Crippen molar-refractivity contribution in [2.45, 2.75) is 6.61 Å². The fourth-order valence-corrected chi connectivity index (χ4v) is 1.33. The largest absolute Gasteiger partial charge is 0.487 e. The first-order valence-corrected chi connectivity index (χ1v) is 5.02. The number of nitrogens with one attached hydrogen (secondary N) is 1. The summed E-state index contributed by atoms with van der Waals surface area (Å²) >= 11 is 0. The summed E-state index contributed by atoms with van der Waals surface area (Å²) in [6, 6.07) is 3.76. The highest BCUT2D eigenvalue weighted by Crippen LogP contribution is 2.13. The monoisotopic (exact) mass is 218 g/mol. The Hall–Kier alpha value is -2.04. The highest BCUT2D eigenvalue weighted by molar-refractivity contribution is 5.36. The van der Waals surface area contributed by atoms with Gasteiger partial charge in [0.15, 0.2) is 0 Å². The molecule has 84 valence electrons. The lowest BCUT2D eigenvalue weighted by atomic mass is 10.4. The normalized spacial score (nSPS) is 10.1. The standard InChI is InChI=1S/C11H14N4O/c1-12-11-4-3-10(6-13-11)16-8-9-5-14-15(2)7-9/h3-7H,8H2,1-2H3,(H,12,13). The molecule has 0 unspecified atom stereocenters. The van der Waals surface area contributed by atoms with Crippen molar-refractivity contribution < 1.29 is 4.74 Å². The van der Waals surface area contributed by atoms with Gasteiger partial charge in [0.1, 0.15) is 18.2 Å². The summed E-state index contributed by atoms with van der Waals surface area (Å²) in [6.45, 7) is 0.508. The van der Waals surface area contributed by atoms with Gasteiger partial charge >= 0.3 is 0 Å². The quantitative estimate of drug-likeness (QED) is 0.843. The molecular weight excluding hydrogens is 204 g/mol. The molecule has 16 heavy (non-hydrogen) atoms. The van der Waals surface area contributed by atoms with E-state index in [-0.39, 0.29) is 0 Å². The van der Waals surface area contributed by atoms with Crippen LogP contribution in [-0.4, -0.2) is 21.8 Å². The topological polar surface area (TPSA) is 52.0 Å². The van der Waals surface area contributed by atoms with E-state index in [0.717, 1.165) is 17.1 Å². The van der Waals surface area contributed by atoms with E-state index in [4.69, 9.17) is 4.74 Å². The average molecular weight is 218 g/mol. The summed E-state index contributed by atoms with van der Waals surface area (Å²) in [5, 5.41) is 7.02. The van der Waals surface area contributed by atoms with Gasteiger partial charge in [0.25, 0.3) is 0 Å². The maximum absolute atomic E-state index is 5.56. The van der Waals surface area contributed by atoms with Crippen LogP contribution < -0.4 is 10.1 Å². The second-order valence-corrected chi connectivity index (χ2v) is 3.44. The van der Waals surface area contributed by atoms with E-state index < -0.39 is 0 Å². The number of anilines is 1. The Morgan fingerprint density at radius 2 is 2.25 bits per heavy atom. The molecule has 0 saturated heterocycles. The molecule has 5 nitrogen and oxygen atoms in total. The smallest absolute Gasteiger partial charge is 0.138 e. The Bertz CT molecular complexity index is 449. The Kier molecular flexibility index (Phi) is 3.05. The van der Waals surface area contributed by atoms with E-state index >= 15 is 0 Å². The fraction of sp³-hybridized carbons (Fsp3) is 0.273. The Morgan fingerprint density at radius 3 is 2.81 bits per heavy atom. The number of aromatic nitrogens is 3. The van der Waals surface area contributed by atoms with Crippen LogP contribution in [0.15, 0.2) is 30.7 Å². The molecular formula is C11H14N4O. The van der Waals surface area contributed by atoms with Crippen LogP contribution in [0.2, 0.25) is 0 Å². The number of hydrogen-bond donors (Lipinski definition) is 1. The zero-order valence-corrected chi connectivity index (χ0v) is 9.34. The zero-order valence-electron chi connectivity index (χ0n) is 9.34. The first-order valence-electron chi connectivity index (χ1n) is 5.02. The third-order valence-corrected chi connectivity index (χ3v) is 2.16. The molecule has 0 amide bonds. The van der Waals surface area contributed by atoms with E-state index in [2.05, 4.69) is 15.4 Å². The minimum atomic E-state index is 0.508. The number of aryl methyl sites for hydroxylation is 1. The summed E-state index contributed by atoms with van der Waals surface area (Å²) < 4.78 is 7.31. The third-order valence-electron chi connectivity index (χ3n) is 2.16. The minimum Gasteiger partial charge on any atom is -0.487 e. The van der Waals surface area contributed by atoms with E-state index in [1.807, 2.05) is 32.4 Å². The van der Waals surface area contributed by atoms with Crippen LogP contribution in [0.1, 0.15) is 5.56 Å². The van der Waals surface area contributed by atoms with Crippen molar-refractivity contribution in [3.8, 4) is 5.75 Å². The van der Waals surface area contributed by atoms with E-state index in [1.54, 1.807) is 17.1 Å². The summed E-state index contributed by atoms with van der Waals surface area (Å²) in [7, 11) is 3.71. The molecule has 0 aliphatic carbocycles. The number of nitrogens with zero attached hydrogens (tertiary/aromatic N) is 3. The molecule has 0 saturated carbocycles. The average Bonchev–Trinajstić information content (AvgIpc) is 2.73. The van der Waals surface area contributed by atoms with Crippen molar-refractivity contribution in [1.29, 1.82) is 0 Å². The molecule has 0 radical (unpaired) electrons. The van der Waals surface area contributed by atoms with Crippen LogP contribution in [0.5, 0.6) is 5.75 Å². The minimum absolute atomic E-state index is 0.508. The first kappa shape index (κ1) is 10.5. The van der Waals surface area contributed by atoms with Gasteiger partial charge in [-0.05, 0) is 12.1 Å². The van der Waals surface area contributed by atoms with Gasteiger partial charge in [-0.15, -0.1) is 0 Å². The van der Waals surface area contributed by atoms with Gasteiger partial charge in [-0.2, -0.15) is 5.10 Å². The predicted octanol–water partition coefficient (Wildman–Crippen LogP) is 1.44. The van der Waals surface area contributed by atoms with Crippen molar-refractivity contribution in [1.82, 2.24) is 14.8 Å². The zero-order chi connectivity index (χ0) is 11.4. The first-order chi connectivity index (χ1) is 7.78. The maximum Gasteiger partial charge on any atom is 0.138 e. The molecule has 5 heteroatoms. The third kappa shape index (κ3) is 2.50. The van der Waals surface area contributed by atoms with Crippen molar-refractivity contribution >= 4 is 5.82 Å². The second-order valence-electron chi connectivity index (χ2n) is 3.44. The lowest BCUT2D eigenvalue weighted by Gasteiger charge is -2.04.